The van der Waals surface area contributed by atoms with Gasteiger partial charge in [0.2, 0.25) is 5.91 Å². The number of fused-ring (bicyclic) bond motifs is 1. The average Bonchev–Trinajstić information content (AvgIpc) is 3.30. The number of nitrogens with zero attached hydrogens (tertiary/aromatic N) is 4. The molecule has 0 aliphatic rings. The van der Waals surface area contributed by atoms with Crippen LogP contribution in [0.25, 0.3) is 5.65 Å². The van der Waals surface area contributed by atoms with E-state index in [0.717, 1.165) is 16.0 Å². The van der Waals surface area contributed by atoms with Crippen LogP contribution >= 0.6 is 23.4 Å². The molecule has 3 heterocycles. The van der Waals surface area contributed by atoms with Crippen LogP contribution in [0, 0.1) is 6.92 Å². The number of rotatable bonds is 7. The third kappa shape index (κ3) is 4.58. The van der Waals surface area contributed by atoms with Crippen molar-refractivity contribution in [3.05, 3.63) is 81.4 Å². The molecular weight excluding hydrogens is 426 g/mol. The molecule has 0 aliphatic heterocycles. The lowest BCUT2D eigenvalue weighted by Gasteiger charge is -2.02. The number of carbonyl (C=O) groups is 1. The number of hydrogen-bond donors (Lipinski definition) is 1. The van der Waals surface area contributed by atoms with Crippen molar-refractivity contribution in [3.63, 3.8) is 0 Å². The van der Waals surface area contributed by atoms with E-state index >= 15 is 0 Å². The van der Waals surface area contributed by atoms with Gasteiger partial charge < -0.3 is 9.73 Å². The number of furan rings is 1. The first-order valence-electron chi connectivity index (χ1n) is 9.13. The van der Waals surface area contributed by atoms with Crippen LogP contribution in [0.2, 0.25) is 5.02 Å². The average molecular weight is 444 g/mol. The van der Waals surface area contributed by atoms with Crippen LogP contribution < -0.4 is 11.0 Å². The lowest BCUT2D eigenvalue weighted by atomic mass is 10.2. The Morgan fingerprint density at radius 2 is 2.03 bits per heavy atom. The molecule has 8 nitrogen and oxygen atoms in total. The van der Waals surface area contributed by atoms with Crippen molar-refractivity contribution in [2.24, 2.45) is 0 Å². The SMILES string of the molecule is Cc1ccc(CNC(=O)Cn2nc3c(SCc4ccc(Cl)cc4)nccn3c2=O)o1. The molecule has 3 aromatic heterocycles. The van der Waals surface area contributed by atoms with Crippen molar-refractivity contribution in [2.45, 2.75) is 30.8 Å². The number of carbonyl (C=O) groups excluding carboxylic acids is 1. The minimum Gasteiger partial charge on any atom is -0.465 e. The third-order valence-electron chi connectivity index (χ3n) is 4.31. The lowest BCUT2D eigenvalue weighted by Crippen LogP contribution is -2.32. The van der Waals surface area contributed by atoms with E-state index in [1.54, 1.807) is 12.3 Å². The molecule has 30 heavy (non-hydrogen) atoms. The Morgan fingerprint density at radius 3 is 2.77 bits per heavy atom. The van der Waals surface area contributed by atoms with Gasteiger partial charge in [-0.2, -0.15) is 0 Å². The number of halogens is 1. The van der Waals surface area contributed by atoms with E-state index in [2.05, 4.69) is 15.4 Å². The van der Waals surface area contributed by atoms with E-state index in [9.17, 15) is 9.59 Å². The molecule has 1 amide bonds. The standard InChI is InChI=1S/C20H18ClN5O3S/c1-13-2-7-16(29-13)10-23-17(27)11-26-20(28)25-9-8-22-19(18(25)24-26)30-12-14-3-5-15(21)6-4-14/h2-9H,10-12H2,1H3,(H,23,27). The van der Waals surface area contributed by atoms with Gasteiger partial charge in [-0.1, -0.05) is 35.5 Å². The number of amides is 1. The Hall–Kier alpha value is -3.04. The monoisotopic (exact) mass is 443 g/mol. The maximum absolute atomic E-state index is 12.6. The Labute approximate surface area is 180 Å². The van der Waals surface area contributed by atoms with Crippen molar-refractivity contribution in [2.75, 3.05) is 0 Å². The van der Waals surface area contributed by atoms with Gasteiger partial charge in [0.1, 0.15) is 23.1 Å². The summed E-state index contributed by atoms with van der Waals surface area (Å²) >= 11 is 7.38. The quantitative estimate of drug-likeness (QED) is 0.441. The molecule has 0 radical (unpaired) electrons. The summed E-state index contributed by atoms with van der Waals surface area (Å²) in [5, 5.41) is 8.32. The molecule has 0 aliphatic carbocycles. The second-order valence-electron chi connectivity index (χ2n) is 6.57. The number of benzene rings is 1. The number of aromatic nitrogens is 4. The van der Waals surface area contributed by atoms with E-state index in [1.807, 2.05) is 37.3 Å². The first kappa shape index (κ1) is 20.2. The van der Waals surface area contributed by atoms with Crippen LogP contribution in [0.4, 0.5) is 0 Å². The zero-order chi connectivity index (χ0) is 21.1. The lowest BCUT2D eigenvalue weighted by molar-refractivity contribution is -0.122. The molecule has 10 heteroatoms. The van der Waals surface area contributed by atoms with E-state index < -0.39 is 5.69 Å². The van der Waals surface area contributed by atoms with Gasteiger partial charge in [-0.25, -0.2) is 18.9 Å². The Balaban J connectivity index is 1.47. The first-order chi connectivity index (χ1) is 14.5. The van der Waals surface area contributed by atoms with Crippen molar-refractivity contribution in [1.29, 1.82) is 0 Å². The summed E-state index contributed by atoms with van der Waals surface area (Å²) in [6.45, 7) is 1.89. The molecule has 1 N–H and O–H groups in total. The van der Waals surface area contributed by atoms with Gasteiger partial charge in [-0.3, -0.25) is 4.79 Å². The van der Waals surface area contributed by atoms with E-state index in [4.69, 9.17) is 16.0 Å². The predicted octanol–water partition coefficient (Wildman–Crippen LogP) is 3.05. The first-order valence-corrected chi connectivity index (χ1v) is 10.5. The number of nitrogens with one attached hydrogen (secondary N) is 1. The van der Waals surface area contributed by atoms with Gasteiger partial charge in [-0.05, 0) is 36.8 Å². The van der Waals surface area contributed by atoms with Crippen LogP contribution in [0.3, 0.4) is 0 Å². The number of hydrogen-bond acceptors (Lipinski definition) is 6. The van der Waals surface area contributed by atoms with Crippen molar-refractivity contribution < 1.29 is 9.21 Å². The highest BCUT2D eigenvalue weighted by molar-refractivity contribution is 7.98. The second kappa shape index (κ2) is 8.76. The van der Waals surface area contributed by atoms with Gasteiger partial charge in [0.15, 0.2) is 5.65 Å². The molecule has 4 rings (SSSR count). The fourth-order valence-corrected chi connectivity index (χ4v) is 3.85. The normalized spacial score (nSPS) is 11.1. The minimum absolute atomic E-state index is 0.193. The predicted molar refractivity (Wildman–Crippen MR) is 114 cm³/mol. The summed E-state index contributed by atoms with van der Waals surface area (Å²) in [6, 6.07) is 11.1. The molecule has 0 atom stereocenters. The van der Waals surface area contributed by atoms with E-state index in [0.29, 0.717) is 27.2 Å². The van der Waals surface area contributed by atoms with Crippen molar-refractivity contribution >= 4 is 34.9 Å². The van der Waals surface area contributed by atoms with Crippen LogP contribution in [0.5, 0.6) is 0 Å². The molecule has 154 valence electrons. The molecule has 0 unspecified atom stereocenters. The van der Waals surface area contributed by atoms with Gasteiger partial charge in [0.25, 0.3) is 0 Å². The molecule has 1 aromatic carbocycles. The Kier molecular flexibility index (Phi) is 5.91. The van der Waals surface area contributed by atoms with E-state index in [-0.39, 0.29) is 19.0 Å². The van der Waals surface area contributed by atoms with Gasteiger partial charge in [0, 0.05) is 23.2 Å². The maximum atomic E-state index is 12.6. The van der Waals surface area contributed by atoms with Gasteiger partial charge in [-0.15, -0.1) is 5.10 Å². The van der Waals surface area contributed by atoms with Crippen molar-refractivity contribution in [3.8, 4) is 0 Å². The Morgan fingerprint density at radius 1 is 1.23 bits per heavy atom. The molecule has 4 aromatic rings. The zero-order valence-corrected chi connectivity index (χ0v) is 17.6. The maximum Gasteiger partial charge on any atom is 0.350 e. The minimum atomic E-state index is -0.398. The van der Waals surface area contributed by atoms with Crippen LogP contribution in [-0.2, 0) is 23.6 Å². The fraction of sp³-hybridized carbons (Fsp3) is 0.200. The molecule has 0 fully saturated rings. The highest BCUT2D eigenvalue weighted by atomic mass is 35.5. The fourth-order valence-electron chi connectivity index (χ4n) is 2.82. The smallest absolute Gasteiger partial charge is 0.350 e. The van der Waals surface area contributed by atoms with E-state index in [1.165, 1.54) is 22.4 Å². The summed E-state index contributed by atoms with van der Waals surface area (Å²) in [5.41, 5.74) is 1.09. The summed E-state index contributed by atoms with van der Waals surface area (Å²) in [6.07, 6.45) is 3.08. The highest BCUT2D eigenvalue weighted by Gasteiger charge is 2.15. The van der Waals surface area contributed by atoms with Gasteiger partial charge in [0.05, 0.1) is 6.54 Å². The van der Waals surface area contributed by atoms with Crippen LogP contribution in [0.15, 0.2) is 63.0 Å². The third-order valence-corrected chi connectivity index (χ3v) is 5.60. The van der Waals surface area contributed by atoms with Gasteiger partial charge >= 0.3 is 5.69 Å². The van der Waals surface area contributed by atoms with Crippen LogP contribution in [0.1, 0.15) is 17.1 Å². The van der Waals surface area contributed by atoms with Crippen LogP contribution in [-0.4, -0.2) is 25.1 Å². The molecule has 0 saturated heterocycles. The summed E-state index contributed by atoms with van der Waals surface area (Å²) < 4.78 is 7.94. The summed E-state index contributed by atoms with van der Waals surface area (Å²) in [7, 11) is 0. The number of aryl methyl sites for hydroxylation is 1. The summed E-state index contributed by atoms with van der Waals surface area (Å²) in [5.74, 6) is 1.73. The molecule has 0 bridgehead atoms. The zero-order valence-electron chi connectivity index (χ0n) is 16.0. The number of thioether (sulfide) groups is 1. The molecule has 0 spiro atoms. The van der Waals surface area contributed by atoms with Crippen molar-refractivity contribution in [1.82, 2.24) is 24.5 Å². The molecule has 0 saturated carbocycles. The Bertz CT molecular complexity index is 1250. The summed E-state index contributed by atoms with van der Waals surface area (Å²) in [4.78, 5) is 29.2. The molecular formula is C20H18ClN5O3S. The largest absolute Gasteiger partial charge is 0.465 e. The topological polar surface area (TPSA) is 94.4 Å². The second-order valence-corrected chi connectivity index (χ2v) is 7.97. The highest BCUT2D eigenvalue weighted by Crippen LogP contribution is 2.24.